The molecule has 0 saturated carbocycles. The summed E-state index contributed by atoms with van der Waals surface area (Å²) in [5, 5.41) is 19.9. The first-order valence-electron chi connectivity index (χ1n) is 7.13. The third kappa shape index (κ3) is 2.21. The lowest BCUT2D eigenvalue weighted by Crippen LogP contribution is -2.44. The number of rotatable bonds is 4. The number of aliphatic hydroxyl groups is 2. The van der Waals surface area contributed by atoms with Gasteiger partial charge in [-0.05, 0) is 6.42 Å². The Morgan fingerprint density at radius 1 is 1.52 bits per heavy atom. The SMILES string of the molecule is CC[C@@]1(O)[C@H](F)[C@@H](CO)O[C@H]1n1cnc2c(OC)nc(N)nc21. The van der Waals surface area contributed by atoms with Gasteiger partial charge in [-0.3, -0.25) is 4.57 Å². The molecular formula is C13H18FN5O4. The van der Waals surface area contributed by atoms with E-state index in [1.165, 1.54) is 18.0 Å². The number of anilines is 1. The Labute approximate surface area is 130 Å². The minimum absolute atomic E-state index is 0.0513. The smallest absolute Gasteiger partial charge is 0.246 e. The summed E-state index contributed by atoms with van der Waals surface area (Å²) in [5.74, 6) is 0.115. The molecule has 3 rings (SSSR count). The van der Waals surface area contributed by atoms with Crippen molar-refractivity contribution in [1.29, 1.82) is 0 Å². The molecule has 0 bridgehead atoms. The van der Waals surface area contributed by atoms with Crippen molar-refractivity contribution in [3.05, 3.63) is 6.33 Å². The molecule has 2 aromatic rings. The number of methoxy groups -OCH3 is 1. The number of nitrogens with zero attached hydrogens (tertiary/aromatic N) is 4. The molecule has 3 heterocycles. The van der Waals surface area contributed by atoms with Gasteiger partial charge in [0.25, 0.3) is 0 Å². The highest BCUT2D eigenvalue weighted by Gasteiger charge is 2.56. The van der Waals surface area contributed by atoms with Crippen molar-refractivity contribution in [1.82, 2.24) is 19.5 Å². The van der Waals surface area contributed by atoms with Crippen LogP contribution in [0.1, 0.15) is 19.6 Å². The van der Waals surface area contributed by atoms with E-state index in [1.807, 2.05) is 0 Å². The number of imidazole rings is 1. The van der Waals surface area contributed by atoms with Crippen molar-refractivity contribution in [2.75, 3.05) is 19.5 Å². The number of halogens is 1. The molecule has 10 heteroatoms. The predicted octanol–water partition coefficient (Wildman–Crippen LogP) is -0.214. The van der Waals surface area contributed by atoms with Crippen LogP contribution in [0.3, 0.4) is 0 Å². The van der Waals surface area contributed by atoms with Gasteiger partial charge in [0.2, 0.25) is 11.8 Å². The van der Waals surface area contributed by atoms with E-state index in [0.29, 0.717) is 5.52 Å². The summed E-state index contributed by atoms with van der Waals surface area (Å²) >= 11 is 0. The van der Waals surface area contributed by atoms with E-state index >= 15 is 0 Å². The second-order valence-corrected chi connectivity index (χ2v) is 5.37. The Hall–Kier alpha value is -2.04. The zero-order valence-corrected chi connectivity index (χ0v) is 12.7. The Bertz CT molecular complexity index is 726. The Morgan fingerprint density at radius 2 is 2.26 bits per heavy atom. The normalized spacial score (nSPS) is 30.9. The van der Waals surface area contributed by atoms with E-state index in [9.17, 15) is 14.6 Å². The molecule has 1 aliphatic rings. The largest absolute Gasteiger partial charge is 0.479 e. The van der Waals surface area contributed by atoms with Gasteiger partial charge in [0.05, 0.1) is 20.0 Å². The number of fused-ring (bicyclic) bond motifs is 1. The molecule has 0 aromatic carbocycles. The van der Waals surface area contributed by atoms with E-state index in [0.717, 1.165) is 0 Å². The monoisotopic (exact) mass is 327 g/mol. The fourth-order valence-corrected chi connectivity index (χ4v) is 2.84. The topological polar surface area (TPSA) is 129 Å². The minimum atomic E-state index is -1.83. The van der Waals surface area contributed by atoms with E-state index < -0.39 is 30.7 Å². The second-order valence-electron chi connectivity index (χ2n) is 5.37. The van der Waals surface area contributed by atoms with Gasteiger partial charge in [-0.25, -0.2) is 9.37 Å². The summed E-state index contributed by atoms with van der Waals surface area (Å²) in [6.07, 6.45) is -2.57. The number of alkyl halides is 1. The van der Waals surface area contributed by atoms with Crippen LogP contribution in [0, 0.1) is 0 Å². The van der Waals surface area contributed by atoms with Crippen LogP contribution in [0.4, 0.5) is 10.3 Å². The first-order valence-corrected chi connectivity index (χ1v) is 7.13. The molecule has 0 radical (unpaired) electrons. The van der Waals surface area contributed by atoms with Crippen molar-refractivity contribution in [2.24, 2.45) is 0 Å². The standard InChI is InChI=1S/C13H18FN5O4/c1-3-13(21)8(14)6(4-20)23-11(13)19-5-16-7-9(19)17-12(15)18-10(7)22-2/h5-6,8,11,20-21H,3-4H2,1-2H3,(H2,15,17,18)/t6-,8-,11-,13-/m1/s1. The molecule has 0 spiro atoms. The number of ether oxygens (including phenoxy) is 2. The molecule has 1 saturated heterocycles. The van der Waals surface area contributed by atoms with Crippen LogP contribution in [-0.4, -0.2) is 61.3 Å². The van der Waals surface area contributed by atoms with Crippen LogP contribution in [0.15, 0.2) is 6.33 Å². The van der Waals surface area contributed by atoms with E-state index in [4.69, 9.17) is 15.2 Å². The van der Waals surface area contributed by atoms with Gasteiger partial charge in [-0.15, -0.1) is 0 Å². The molecule has 0 aliphatic carbocycles. The van der Waals surface area contributed by atoms with Crippen molar-refractivity contribution >= 4 is 17.1 Å². The number of nitrogens with two attached hydrogens (primary N) is 1. The summed E-state index contributed by atoms with van der Waals surface area (Å²) in [4.78, 5) is 12.1. The number of nitrogen functional groups attached to an aromatic ring is 1. The first-order chi connectivity index (χ1) is 11.0. The molecule has 23 heavy (non-hydrogen) atoms. The molecule has 2 aromatic heterocycles. The van der Waals surface area contributed by atoms with Gasteiger partial charge < -0.3 is 25.4 Å². The second kappa shape index (κ2) is 5.55. The molecule has 1 fully saturated rings. The average molecular weight is 327 g/mol. The summed E-state index contributed by atoms with van der Waals surface area (Å²) in [7, 11) is 1.41. The summed E-state index contributed by atoms with van der Waals surface area (Å²) < 4.78 is 26.4. The van der Waals surface area contributed by atoms with Crippen LogP contribution >= 0.6 is 0 Å². The highest BCUT2D eigenvalue weighted by Crippen LogP contribution is 2.43. The highest BCUT2D eigenvalue weighted by atomic mass is 19.1. The summed E-state index contributed by atoms with van der Waals surface area (Å²) in [6.45, 7) is 1.08. The molecule has 4 N–H and O–H groups in total. The molecule has 9 nitrogen and oxygen atoms in total. The van der Waals surface area contributed by atoms with Gasteiger partial charge in [0, 0.05) is 0 Å². The third-order valence-corrected chi connectivity index (χ3v) is 4.13. The van der Waals surface area contributed by atoms with Gasteiger partial charge >= 0.3 is 0 Å². The van der Waals surface area contributed by atoms with Crippen LogP contribution in [0.2, 0.25) is 0 Å². The van der Waals surface area contributed by atoms with Gasteiger partial charge in [-0.1, -0.05) is 6.92 Å². The molecule has 4 atom stereocenters. The third-order valence-electron chi connectivity index (χ3n) is 4.13. The zero-order valence-electron chi connectivity index (χ0n) is 12.7. The lowest BCUT2D eigenvalue weighted by Gasteiger charge is -2.29. The predicted molar refractivity (Wildman–Crippen MR) is 77.4 cm³/mol. The number of aliphatic hydroxyl groups excluding tert-OH is 1. The van der Waals surface area contributed by atoms with E-state index in [1.54, 1.807) is 6.92 Å². The molecule has 126 valence electrons. The minimum Gasteiger partial charge on any atom is -0.479 e. The molecule has 0 unspecified atom stereocenters. The molecule has 1 aliphatic heterocycles. The number of hydrogen-bond acceptors (Lipinski definition) is 8. The zero-order chi connectivity index (χ0) is 16.8. The van der Waals surface area contributed by atoms with Crippen LogP contribution in [0.25, 0.3) is 11.2 Å². The van der Waals surface area contributed by atoms with Crippen LogP contribution in [-0.2, 0) is 4.74 Å². The number of hydrogen-bond donors (Lipinski definition) is 3. The van der Waals surface area contributed by atoms with Crippen molar-refractivity contribution < 1.29 is 24.1 Å². The van der Waals surface area contributed by atoms with Crippen molar-refractivity contribution in [3.63, 3.8) is 0 Å². The van der Waals surface area contributed by atoms with E-state index in [2.05, 4.69) is 15.0 Å². The van der Waals surface area contributed by atoms with Crippen LogP contribution < -0.4 is 10.5 Å². The Balaban J connectivity index is 2.14. The maximum Gasteiger partial charge on any atom is 0.246 e. The fraction of sp³-hybridized carbons (Fsp3) is 0.615. The maximum absolute atomic E-state index is 14.5. The first kappa shape index (κ1) is 15.8. The van der Waals surface area contributed by atoms with Crippen molar-refractivity contribution in [2.45, 2.75) is 37.4 Å². The average Bonchev–Trinajstić information content (AvgIpc) is 3.07. The maximum atomic E-state index is 14.5. The Kier molecular flexibility index (Phi) is 3.82. The van der Waals surface area contributed by atoms with Crippen molar-refractivity contribution in [3.8, 4) is 5.88 Å². The quantitative estimate of drug-likeness (QED) is 0.703. The Morgan fingerprint density at radius 3 is 2.87 bits per heavy atom. The summed E-state index contributed by atoms with van der Waals surface area (Å²) in [6, 6.07) is 0. The summed E-state index contributed by atoms with van der Waals surface area (Å²) in [5.41, 5.74) is 4.38. The van der Waals surface area contributed by atoms with Crippen LogP contribution in [0.5, 0.6) is 5.88 Å². The van der Waals surface area contributed by atoms with Gasteiger partial charge in [-0.2, -0.15) is 9.97 Å². The molecule has 0 amide bonds. The number of aromatic nitrogens is 4. The van der Waals surface area contributed by atoms with Gasteiger partial charge in [0.15, 0.2) is 23.6 Å². The van der Waals surface area contributed by atoms with E-state index in [-0.39, 0.29) is 23.9 Å². The van der Waals surface area contributed by atoms with Gasteiger partial charge in [0.1, 0.15) is 11.7 Å². The lowest BCUT2D eigenvalue weighted by atomic mass is 9.92. The lowest BCUT2D eigenvalue weighted by molar-refractivity contribution is -0.101. The highest BCUT2D eigenvalue weighted by molar-refractivity contribution is 5.77. The molecular weight excluding hydrogens is 309 g/mol. The fourth-order valence-electron chi connectivity index (χ4n) is 2.84.